The van der Waals surface area contributed by atoms with Gasteiger partial charge in [0.15, 0.2) is 0 Å². The molecule has 0 spiro atoms. The van der Waals surface area contributed by atoms with E-state index in [4.69, 9.17) is 11.6 Å². The second kappa shape index (κ2) is 5.71. The summed E-state index contributed by atoms with van der Waals surface area (Å²) in [4.78, 5) is 18.3. The zero-order valence-corrected chi connectivity index (χ0v) is 12.0. The topological polar surface area (TPSA) is 57.8 Å². The van der Waals surface area contributed by atoms with E-state index in [0.29, 0.717) is 29.3 Å². The van der Waals surface area contributed by atoms with Gasteiger partial charge in [-0.3, -0.25) is 14.1 Å². The first kappa shape index (κ1) is 14.4. The number of halogens is 2. The van der Waals surface area contributed by atoms with Crippen LogP contribution in [0.5, 0.6) is 0 Å². The molecule has 1 aliphatic heterocycles. The van der Waals surface area contributed by atoms with E-state index >= 15 is 0 Å². The summed E-state index contributed by atoms with van der Waals surface area (Å²) in [6.45, 7) is 0.509. The lowest BCUT2D eigenvalue weighted by Crippen LogP contribution is -2.32. The van der Waals surface area contributed by atoms with Gasteiger partial charge in [0.25, 0.3) is 5.56 Å². The monoisotopic (exact) mass is 311 g/mol. The number of hydrogen-bond acceptors (Lipinski definition) is 4. The van der Waals surface area contributed by atoms with E-state index in [1.807, 2.05) is 4.90 Å². The van der Waals surface area contributed by atoms with E-state index in [2.05, 4.69) is 4.98 Å². The van der Waals surface area contributed by atoms with Crippen molar-refractivity contribution in [3.63, 3.8) is 0 Å². The van der Waals surface area contributed by atoms with Gasteiger partial charge in [0.2, 0.25) is 0 Å². The number of alkyl halides is 1. The number of likely N-dealkylation sites (tertiary alicyclic amines) is 1. The van der Waals surface area contributed by atoms with Gasteiger partial charge in [0, 0.05) is 31.4 Å². The number of hydrogen-bond donors (Lipinski definition) is 1. The largest absolute Gasteiger partial charge is 0.395 e. The quantitative estimate of drug-likeness (QED) is 0.927. The molecule has 5 nitrogen and oxygen atoms in total. The van der Waals surface area contributed by atoms with Crippen LogP contribution in [0, 0.1) is 0 Å². The fraction of sp³-hybridized carbons (Fsp3) is 0.429. The Bertz CT molecular complexity index is 721. The Labute approximate surface area is 125 Å². The van der Waals surface area contributed by atoms with Crippen LogP contribution >= 0.6 is 11.6 Å². The first-order valence-electron chi connectivity index (χ1n) is 6.73. The van der Waals surface area contributed by atoms with Crippen molar-refractivity contribution in [1.82, 2.24) is 14.3 Å². The van der Waals surface area contributed by atoms with Crippen LogP contribution in [0.15, 0.2) is 29.2 Å². The lowest BCUT2D eigenvalue weighted by molar-refractivity contribution is 0.152. The summed E-state index contributed by atoms with van der Waals surface area (Å²) in [6, 6.07) is 4.53. The number of aliphatic hydroxyl groups is 1. The smallest absolute Gasteiger partial charge is 0.258 e. The Hall–Kier alpha value is -1.50. The summed E-state index contributed by atoms with van der Waals surface area (Å²) in [6.07, 6.45) is 0.890. The van der Waals surface area contributed by atoms with Gasteiger partial charge in [-0.05, 0) is 18.6 Å². The van der Waals surface area contributed by atoms with Crippen molar-refractivity contribution in [2.45, 2.75) is 25.2 Å². The molecule has 0 unspecified atom stereocenters. The Kier molecular flexibility index (Phi) is 3.93. The van der Waals surface area contributed by atoms with Crippen LogP contribution in [0.4, 0.5) is 4.39 Å². The Morgan fingerprint density at radius 3 is 3.05 bits per heavy atom. The molecule has 0 aliphatic carbocycles. The predicted octanol–water partition coefficient (Wildman–Crippen LogP) is 1.25. The van der Waals surface area contributed by atoms with Crippen LogP contribution in [0.2, 0.25) is 5.02 Å². The summed E-state index contributed by atoms with van der Waals surface area (Å²) in [7, 11) is 0. The maximum Gasteiger partial charge on any atom is 0.258 e. The molecule has 1 fully saturated rings. The van der Waals surface area contributed by atoms with Crippen LogP contribution in [0.25, 0.3) is 5.65 Å². The molecule has 0 aromatic carbocycles. The van der Waals surface area contributed by atoms with Crippen LogP contribution in [-0.2, 0) is 6.54 Å². The molecule has 2 aromatic heterocycles. The maximum absolute atomic E-state index is 13.4. The Balaban J connectivity index is 1.91. The van der Waals surface area contributed by atoms with E-state index in [-0.39, 0.29) is 24.8 Å². The van der Waals surface area contributed by atoms with Crippen LogP contribution in [0.1, 0.15) is 12.1 Å². The highest BCUT2D eigenvalue weighted by Gasteiger charge is 2.31. The molecule has 0 radical (unpaired) electrons. The summed E-state index contributed by atoms with van der Waals surface area (Å²) in [5.74, 6) is 0. The number of nitrogens with zero attached hydrogens (tertiary/aromatic N) is 3. The van der Waals surface area contributed by atoms with Gasteiger partial charge in [-0.25, -0.2) is 9.37 Å². The van der Waals surface area contributed by atoms with Crippen molar-refractivity contribution >= 4 is 17.2 Å². The Morgan fingerprint density at radius 2 is 2.29 bits per heavy atom. The van der Waals surface area contributed by atoms with Gasteiger partial charge in [0.1, 0.15) is 11.8 Å². The lowest BCUT2D eigenvalue weighted by Gasteiger charge is -2.21. The van der Waals surface area contributed by atoms with Gasteiger partial charge >= 0.3 is 0 Å². The molecule has 1 aliphatic rings. The van der Waals surface area contributed by atoms with Gasteiger partial charge < -0.3 is 5.11 Å². The molecular weight excluding hydrogens is 297 g/mol. The molecule has 3 rings (SSSR count). The van der Waals surface area contributed by atoms with Crippen LogP contribution in [0.3, 0.4) is 0 Å². The summed E-state index contributed by atoms with van der Waals surface area (Å²) >= 11 is 5.86. The molecule has 3 heterocycles. The molecule has 7 heteroatoms. The highest BCUT2D eigenvalue weighted by Crippen LogP contribution is 2.21. The van der Waals surface area contributed by atoms with Gasteiger partial charge in [-0.15, -0.1) is 0 Å². The van der Waals surface area contributed by atoms with E-state index in [0.717, 1.165) is 0 Å². The van der Waals surface area contributed by atoms with Crippen molar-refractivity contribution in [2.75, 3.05) is 13.2 Å². The maximum atomic E-state index is 13.4. The average Bonchev–Trinajstić information content (AvgIpc) is 2.80. The molecular formula is C14H15ClFN3O2. The SMILES string of the molecule is O=c1cc(CN2C[C@@H](F)C[C@H]2CO)nc2ccc(Cl)cn12. The number of rotatable bonds is 3. The average molecular weight is 312 g/mol. The Morgan fingerprint density at radius 1 is 1.48 bits per heavy atom. The normalized spacial score (nSPS) is 23.0. The standard InChI is InChI=1S/C14H15ClFN3O2/c15-9-1-2-13-17-11(4-14(21)19(13)5-9)7-18-6-10(16)3-12(18)8-20/h1-2,4-5,10,12,20H,3,6-8H2/t10-,12-/m0/s1. The summed E-state index contributed by atoms with van der Waals surface area (Å²) < 4.78 is 14.8. The van der Waals surface area contributed by atoms with E-state index in [1.54, 1.807) is 12.1 Å². The minimum atomic E-state index is -0.942. The molecule has 2 atom stereocenters. The fourth-order valence-electron chi connectivity index (χ4n) is 2.72. The number of aliphatic hydroxyl groups excluding tert-OH is 1. The number of aromatic nitrogens is 2. The van der Waals surface area contributed by atoms with Crippen molar-refractivity contribution in [2.24, 2.45) is 0 Å². The minimum Gasteiger partial charge on any atom is -0.395 e. The molecule has 2 aromatic rings. The second-order valence-electron chi connectivity index (χ2n) is 5.26. The van der Waals surface area contributed by atoms with E-state index in [9.17, 15) is 14.3 Å². The van der Waals surface area contributed by atoms with Gasteiger partial charge in [-0.1, -0.05) is 11.6 Å². The molecule has 1 saturated heterocycles. The first-order valence-corrected chi connectivity index (χ1v) is 7.11. The van der Waals surface area contributed by atoms with Gasteiger partial charge in [-0.2, -0.15) is 0 Å². The predicted molar refractivity (Wildman–Crippen MR) is 77.3 cm³/mol. The molecule has 0 bridgehead atoms. The van der Waals surface area contributed by atoms with E-state index in [1.165, 1.54) is 16.7 Å². The van der Waals surface area contributed by atoms with Crippen molar-refractivity contribution < 1.29 is 9.50 Å². The highest BCUT2D eigenvalue weighted by atomic mass is 35.5. The first-order chi connectivity index (χ1) is 10.1. The zero-order chi connectivity index (χ0) is 15.0. The van der Waals surface area contributed by atoms with Crippen LogP contribution < -0.4 is 5.56 Å². The molecule has 0 amide bonds. The summed E-state index contributed by atoms with van der Waals surface area (Å²) in [5.41, 5.74) is 0.836. The third-order valence-corrected chi connectivity index (χ3v) is 3.95. The third kappa shape index (κ3) is 2.92. The number of pyridine rings is 1. The fourth-order valence-corrected chi connectivity index (χ4v) is 2.88. The second-order valence-corrected chi connectivity index (χ2v) is 5.70. The molecule has 112 valence electrons. The van der Waals surface area contributed by atoms with Crippen LogP contribution in [-0.4, -0.2) is 44.8 Å². The summed E-state index contributed by atoms with van der Waals surface area (Å²) in [5, 5.41) is 9.74. The molecule has 1 N–H and O–H groups in total. The zero-order valence-electron chi connectivity index (χ0n) is 11.2. The van der Waals surface area contributed by atoms with Crippen molar-refractivity contribution in [1.29, 1.82) is 0 Å². The number of fused-ring (bicyclic) bond motifs is 1. The van der Waals surface area contributed by atoms with Crippen molar-refractivity contribution in [3.8, 4) is 0 Å². The van der Waals surface area contributed by atoms with E-state index < -0.39 is 6.17 Å². The minimum absolute atomic E-state index is 0.0947. The molecule has 21 heavy (non-hydrogen) atoms. The van der Waals surface area contributed by atoms with Gasteiger partial charge in [0.05, 0.1) is 17.3 Å². The lowest BCUT2D eigenvalue weighted by atomic mass is 10.2. The van der Waals surface area contributed by atoms with Crippen molar-refractivity contribution in [3.05, 3.63) is 45.5 Å². The molecule has 0 saturated carbocycles. The highest BCUT2D eigenvalue weighted by molar-refractivity contribution is 6.30. The third-order valence-electron chi connectivity index (χ3n) is 3.73.